The van der Waals surface area contributed by atoms with E-state index in [0.717, 1.165) is 21.6 Å². The molecule has 0 saturated heterocycles. The van der Waals surface area contributed by atoms with Gasteiger partial charge in [0.1, 0.15) is 40.6 Å². The molecule has 0 radical (unpaired) electrons. The van der Waals surface area contributed by atoms with Gasteiger partial charge in [0.15, 0.2) is 0 Å². The molecular formula is C36H29F2N6O7S+. The number of aliphatic imine (C=N–C) groups is 1. The number of carbonyl (C=O) groups is 4. The van der Waals surface area contributed by atoms with Crippen LogP contribution in [-0.4, -0.2) is 71.9 Å². The Bertz CT molecular complexity index is 2320. The summed E-state index contributed by atoms with van der Waals surface area (Å²) in [6, 6.07) is 12.3. The van der Waals surface area contributed by atoms with Crippen LogP contribution >= 0.6 is 0 Å². The third-order valence-corrected chi connectivity index (χ3v) is 9.89. The van der Waals surface area contributed by atoms with Gasteiger partial charge in [-0.15, -0.1) is 4.90 Å². The number of hydrogen-bond acceptors (Lipinski definition) is 8. The second-order valence-corrected chi connectivity index (χ2v) is 13.6. The van der Waals surface area contributed by atoms with E-state index in [1.54, 1.807) is 36.7 Å². The maximum atomic E-state index is 15.1. The van der Waals surface area contributed by atoms with Gasteiger partial charge < -0.3 is 10.4 Å². The molecule has 4 aromatic rings. The number of benzene rings is 3. The number of halogens is 2. The number of carboxylic acid groups (broad SMARTS) is 1. The molecular weight excluding hydrogens is 698 g/mol. The van der Waals surface area contributed by atoms with Crippen molar-refractivity contribution in [3.05, 3.63) is 120 Å². The van der Waals surface area contributed by atoms with E-state index in [1.165, 1.54) is 60.4 Å². The molecule has 0 aliphatic carbocycles. The maximum Gasteiger partial charge on any atom is 0.506 e. The van der Waals surface area contributed by atoms with Crippen molar-refractivity contribution in [1.82, 2.24) is 10.3 Å². The molecule has 4 amide bonds. The van der Waals surface area contributed by atoms with Crippen LogP contribution in [0.25, 0.3) is 11.1 Å². The largest absolute Gasteiger partial charge is 0.506 e. The fourth-order valence-corrected chi connectivity index (χ4v) is 6.83. The molecule has 52 heavy (non-hydrogen) atoms. The van der Waals surface area contributed by atoms with Crippen LogP contribution in [0.15, 0.2) is 101 Å². The van der Waals surface area contributed by atoms with Crippen molar-refractivity contribution >= 4 is 57.1 Å². The van der Waals surface area contributed by atoms with Crippen LogP contribution in [0.4, 0.5) is 25.0 Å². The summed E-state index contributed by atoms with van der Waals surface area (Å²) >= 11 is 0. The fourth-order valence-electron chi connectivity index (χ4n) is 5.79. The Balaban J connectivity index is 1.14. The van der Waals surface area contributed by atoms with Gasteiger partial charge in [0.25, 0.3) is 15.9 Å². The molecule has 2 aliphatic heterocycles. The molecule has 3 aromatic carbocycles. The third-order valence-electron chi connectivity index (χ3n) is 8.50. The van der Waals surface area contributed by atoms with E-state index >= 15 is 8.78 Å². The Hall–Kier alpha value is -6.42. The smallest absolute Gasteiger partial charge is 0.480 e. The predicted octanol–water partition coefficient (Wildman–Crippen LogP) is 4.33. The van der Waals surface area contributed by atoms with Crippen molar-refractivity contribution < 1.29 is 46.1 Å². The van der Waals surface area contributed by atoms with Crippen LogP contribution in [0.2, 0.25) is 0 Å². The summed E-state index contributed by atoms with van der Waals surface area (Å²) in [6.07, 6.45) is 7.39. The van der Waals surface area contributed by atoms with E-state index < -0.39 is 68.7 Å². The second-order valence-electron chi connectivity index (χ2n) is 11.9. The Morgan fingerprint density at radius 3 is 2.33 bits per heavy atom. The third kappa shape index (κ3) is 6.96. The van der Waals surface area contributed by atoms with Gasteiger partial charge in [0.2, 0.25) is 0 Å². The van der Waals surface area contributed by atoms with Crippen molar-refractivity contribution in [2.24, 2.45) is 10.9 Å². The number of imide groups is 1. The lowest BCUT2D eigenvalue weighted by Gasteiger charge is -2.24. The number of rotatable bonds is 10. The number of nitrogens with zero attached hydrogens (tertiary/aromatic N) is 4. The van der Waals surface area contributed by atoms with E-state index in [2.05, 4.69) is 20.0 Å². The number of carboxylic acids is 1. The Labute approximate surface area is 295 Å². The molecule has 264 valence electrons. The molecule has 0 bridgehead atoms. The molecule has 3 N–H and O–H groups in total. The van der Waals surface area contributed by atoms with E-state index in [0.29, 0.717) is 23.4 Å². The maximum absolute atomic E-state index is 15.1. The predicted molar refractivity (Wildman–Crippen MR) is 186 cm³/mol. The van der Waals surface area contributed by atoms with Gasteiger partial charge >= 0.3 is 17.9 Å². The molecule has 13 nitrogen and oxygen atoms in total. The zero-order chi connectivity index (χ0) is 37.3. The zero-order valence-corrected chi connectivity index (χ0v) is 28.3. The van der Waals surface area contributed by atoms with Crippen molar-refractivity contribution in [2.75, 3.05) is 16.7 Å². The van der Waals surface area contributed by atoms with Crippen molar-refractivity contribution in [3.63, 3.8) is 0 Å². The van der Waals surface area contributed by atoms with E-state index in [9.17, 15) is 32.7 Å². The fraction of sp³-hybridized carbons (Fsp3) is 0.139. The quantitative estimate of drug-likeness (QED) is 0.202. The number of pyridine rings is 1. The second kappa shape index (κ2) is 14.1. The molecule has 2 aliphatic rings. The van der Waals surface area contributed by atoms with Gasteiger partial charge in [-0.25, -0.2) is 26.8 Å². The van der Waals surface area contributed by atoms with Gasteiger partial charge in [-0.1, -0.05) is 24.3 Å². The molecule has 0 saturated carbocycles. The zero-order valence-electron chi connectivity index (χ0n) is 27.4. The van der Waals surface area contributed by atoms with E-state index in [-0.39, 0.29) is 17.0 Å². The minimum Gasteiger partial charge on any atom is -0.480 e. The average molecular weight is 728 g/mol. The van der Waals surface area contributed by atoms with Crippen molar-refractivity contribution in [1.29, 1.82) is 0 Å². The number of fused-ring (bicyclic) bond motifs is 1. The lowest BCUT2D eigenvalue weighted by molar-refractivity contribution is -0.392. The van der Waals surface area contributed by atoms with Gasteiger partial charge in [0, 0.05) is 25.0 Å². The summed E-state index contributed by atoms with van der Waals surface area (Å²) in [5.41, 5.74) is 1.82. The average Bonchev–Trinajstić information content (AvgIpc) is 3.11. The van der Waals surface area contributed by atoms with Gasteiger partial charge in [-0.3, -0.25) is 19.5 Å². The lowest BCUT2D eigenvalue weighted by Crippen LogP contribution is -2.54. The summed E-state index contributed by atoms with van der Waals surface area (Å²) in [4.78, 5) is 59.9. The van der Waals surface area contributed by atoms with Crippen molar-refractivity contribution in [3.8, 4) is 11.1 Å². The molecule has 0 fully saturated rings. The number of carbonyl (C=O) groups excluding carboxylic acids is 3. The number of nitrogens with one attached hydrogen (secondary N) is 2. The summed E-state index contributed by atoms with van der Waals surface area (Å²) < 4.78 is 59.7. The van der Waals surface area contributed by atoms with Crippen LogP contribution in [0.5, 0.6) is 0 Å². The first-order valence-electron chi connectivity index (χ1n) is 15.6. The normalized spacial score (nSPS) is 16.1. The van der Waals surface area contributed by atoms with Crippen molar-refractivity contribution in [2.45, 2.75) is 24.3 Å². The van der Waals surface area contributed by atoms with E-state index in [4.69, 9.17) is 0 Å². The number of amides is 4. The van der Waals surface area contributed by atoms with Crippen LogP contribution in [0.3, 0.4) is 0 Å². The van der Waals surface area contributed by atoms with Crippen LogP contribution < -0.4 is 14.9 Å². The number of urea groups is 1. The number of sulfonamides is 1. The summed E-state index contributed by atoms with van der Waals surface area (Å²) in [7, 11) is -2.80. The first-order chi connectivity index (χ1) is 24.7. The van der Waals surface area contributed by atoms with Crippen LogP contribution in [0, 0.1) is 24.5 Å². The SMILES string of the molecule is Cc1cnccc1-c1ccc(S(=O)(=O)Nc2cc(F)c(C(=O)N[C@@H](Cc3ccc(N4C(=O)C5C=CN=CC5=[N+](C)C4=O)cc3)C(=O)O)c(F)c2)cc1. The first-order valence-corrected chi connectivity index (χ1v) is 17.1. The Morgan fingerprint density at radius 2 is 1.69 bits per heavy atom. The van der Waals surface area contributed by atoms with Crippen LogP contribution in [0.1, 0.15) is 21.5 Å². The minimum atomic E-state index is -4.30. The summed E-state index contributed by atoms with van der Waals surface area (Å²) in [6.45, 7) is 1.85. The lowest BCUT2D eigenvalue weighted by atomic mass is 9.97. The highest BCUT2D eigenvalue weighted by molar-refractivity contribution is 7.92. The summed E-state index contributed by atoms with van der Waals surface area (Å²) in [5, 5.41) is 11.9. The molecule has 3 heterocycles. The standard InChI is InChI=1S/C36H28F2N6O7S/c1-20-18-39-13-11-26(20)22-5-9-25(10-6-22)52(50,51)42-23-16-28(37)32(29(38)17-23)33(45)41-30(35(47)48)15-21-3-7-24(8-4-21)44-34(46)27-12-14-40-19-31(27)43(2)36(44)49/h3-14,16-19,27,30H,15H2,1-2H3,(H2-,41,42,45,47,48)/p+1/t27?,30-/m0/s1. The van der Waals surface area contributed by atoms with E-state index in [1.807, 2.05) is 6.92 Å². The van der Waals surface area contributed by atoms with Gasteiger partial charge in [0.05, 0.1) is 23.8 Å². The number of aromatic nitrogens is 1. The molecule has 2 atom stereocenters. The minimum absolute atomic E-state index is 0.187. The van der Waals surface area contributed by atoms with Gasteiger partial charge in [-0.05, 0) is 77.7 Å². The molecule has 16 heteroatoms. The van der Waals surface area contributed by atoms with Gasteiger partial charge in [-0.2, -0.15) is 9.37 Å². The topological polar surface area (TPSA) is 178 Å². The highest BCUT2D eigenvalue weighted by atomic mass is 32.2. The number of anilines is 2. The summed E-state index contributed by atoms with van der Waals surface area (Å²) in [5.74, 6) is -7.00. The molecule has 6 rings (SSSR count). The number of aryl methyl sites for hydroxylation is 1. The highest BCUT2D eigenvalue weighted by Gasteiger charge is 2.47. The molecule has 0 spiro atoms. The number of hydrogen-bond donors (Lipinski definition) is 3. The highest BCUT2D eigenvalue weighted by Crippen LogP contribution is 2.27. The number of aliphatic carboxylic acids is 1. The monoisotopic (exact) mass is 727 g/mol. The molecule has 1 unspecified atom stereocenters. The van der Waals surface area contributed by atoms with Crippen LogP contribution in [-0.2, 0) is 26.0 Å². The first kappa shape index (κ1) is 35.4. The Kier molecular flexibility index (Phi) is 9.58. The Morgan fingerprint density at radius 1 is 1.02 bits per heavy atom. The molecule has 1 aromatic heterocycles.